The molecule has 136 valence electrons. The Morgan fingerprint density at radius 2 is 2.20 bits per heavy atom. The van der Waals surface area contributed by atoms with E-state index in [0.717, 1.165) is 56.8 Å². The highest BCUT2D eigenvalue weighted by Crippen LogP contribution is 2.42. The SMILES string of the molecule is CCCc1[nH]ncc1C(=O)N1CC[C@]2(CCCN(CC3CC3)C2=O)C1. The molecule has 1 aromatic rings. The van der Waals surface area contributed by atoms with Crippen LogP contribution in [-0.4, -0.2) is 58.0 Å². The molecule has 2 aliphatic heterocycles. The number of carbonyl (C=O) groups excluding carboxylic acids is 2. The van der Waals surface area contributed by atoms with Gasteiger partial charge in [-0.05, 0) is 44.4 Å². The zero-order valence-corrected chi connectivity index (χ0v) is 15.1. The summed E-state index contributed by atoms with van der Waals surface area (Å²) < 4.78 is 0. The number of hydrogen-bond donors (Lipinski definition) is 1. The predicted molar refractivity (Wildman–Crippen MR) is 94.1 cm³/mol. The highest BCUT2D eigenvalue weighted by Gasteiger charge is 2.50. The van der Waals surface area contributed by atoms with Gasteiger partial charge in [-0.3, -0.25) is 14.7 Å². The zero-order valence-electron chi connectivity index (χ0n) is 15.1. The largest absolute Gasteiger partial charge is 0.342 e. The van der Waals surface area contributed by atoms with Crippen LogP contribution in [0.2, 0.25) is 0 Å². The topological polar surface area (TPSA) is 69.3 Å². The van der Waals surface area contributed by atoms with Crippen molar-refractivity contribution in [1.29, 1.82) is 0 Å². The van der Waals surface area contributed by atoms with E-state index in [-0.39, 0.29) is 11.3 Å². The second-order valence-electron chi connectivity index (χ2n) is 8.07. The molecule has 6 heteroatoms. The van der Waals surface area contributed by atoms with Crippen molar-refractivity contribution >= 4 is 11.8 Å². The summed E-state index contributed by atoms with van der Waals surface area (Å²) in [6, 6.07) is 0. The van der Waals surface area contributed by atoms with Crippen molar-refractivity contribution < 1.29 is 9.59 Å². The van der Waals surface area contributed by atoms with Crippen molar-refractivity contribution in [3.8, 4) is 0 Å². The van der Waals surface area contributed by atoms with Crippen LogP contribution in [0.5, 0.6) is 0 Å². The van der Waals surface area contributed by atoms with E-state index in [1.165, 1.54) is 12.8 Å². The van der Waals surface area contributed by atoms with Crippen LogP contribution in [0.3, 0.4) is 0 Å². The Bertz CT molecular complexity index is 666. The molecule has 1 saturated carbocycles. The molecule has 3 fully saturated rings. The Balaban J connectivity index is 1.47. The number of H-pyrrole nitrogens is 1. The van der Waals surface area contributed by atoms with Crippen LogP contribution in [0.15, 0.2) is 6.20 Å². The molecule has 25 heavy (non-hydrogen) atoms. The van der Waals surface area contributed by atoms with E-state index >= 15 is 0 Å². The number of likely N-dealkylation sites (tertiary alicyclic amines) is 2. The predicted octanol–water partition coefficient (Wildman–Crippen LogP) is 2.23. The molecule has 1 atom stereocenters. The van der Waals surface area contributed by atoms with E-state index in [1.54, 1.807) is 6.20 Å². The third-order valence-corrected chi connectivity index (χ3v) is 6.09. The quantitative estimate of drug-likeness (QED) is 0.890. The first-order valence-corrected chi connectivity index (χ1v) is 9.74. The molecular weight excluding hydrogens is 316 g/mol. The first-order valence-electron chi connectivity index (χ1n) is 9.74. The monoisotopic (exact) mass is 344 g/mol. The summed E-state index contributed by atoms with van der Waals surface area (Å²) >= 11 is 0. The number of rotatable bonds is 5. The number of aromatic amines is 1. The second-order valence-corrected chi connectivity index (χ2v) is 8.07. The molecule has 0 radical (unpaired) electrons. The summed E-state index contributed by atoms with van der Waals surface area (Å²) in [5, 5.41) is 7.01. The number of aryl methyl sites for hydroxylation is 1. The van der Waals surface area contributed by atoms with E-state index in [4.69, 9.17) is 0 Å². The van der Waals surface area contributed by atoms with E-state index < -0.39 is 0 Å². The lowest BCUT2D eigenvalue weighted by atomic mass is 9.78. The normalized spacial score (nSPS) is 26.7. The van der Waals surface area contributed by atoms with Gasteiger partial charge >= 0.3 is 0 Å². The van der Waals surface area contributed by atoms with Gasteiger partial charge < -0.3 is 9.80 Å². The lowest BCUT2D eigenvalue weighted by Crippen LogP contribution is -2.51. The van der Waals surface area contributed by atoms with Crippen molar-refractivity contribution in [2.24, 2.45) is 11.3 Å². The Morgan fingerprint density at radius 3 is 2.96 bits per heavy atom. The minimum atomic E-state index is -0.336. The van der Waals surface area contributed by atoms with E-state index in [9.17, 15) is 9.59 Å². The molecule has 0 bridgehead atoms. The molecule has 0 aromatic carbocycles. The first-order chi connectivity index (χ1) is 12.1. The number of amides is 2. The maximum atomic E-state index is 13.1. The third-order valence-electron chi connectivity index (χ3n) is 6.09. The van der Waals surface area contributed by atoms with Crippen molar-refractivity contribution in [2.75, 3.05) is 26.2 Å². The van der Waals surface area contributed by atoms with Crippen LogP contribution in [0.1, 0.15) is 61.5 Å². The Morgan fingerprint density at radius 1 is 1.36 bits per heavy atom. The molecule has 6 nitrogen and oxygen atoms in total. The lowest BCUT2D eigenvalue weighted by Gasteiger charge is -2.39. The number of hydrogen-bond acceptors (Lipinski definition) is 3. The van der Waals surface area contributed by atoms with Crippen molar-refractivity contribution in [1.82, 2.24) is 20.0 Å². The molecule has 4 rings (SSSR count). The second kappa shape index (κ2) is 6.46. The Kier molecular flexibility index (Phi) is 4.29. The van der Waals surface area contributed by atoms with Crippen LogP contribution in [0.4, 0.5) is 0 Å². The highest BCUT2D eigenvalue weighted by molar-refractivity contribution is 5.96. The number of carbonyl (C=O) groups is 2. The fourth-order valence-electron chi connectivity index (χ4n) is 4.47. The van der Waals surface area contributed by atoms with Gasteiger partial charge in [0.15, 0.2) is 0 Å². The van der Waals surface area contributed by atoms with Gasteiger partial charge in [-0.1, -0.05) is 13.3 Å². The highest BCUT2D eigenvalue weighted by atomic mass is 16.2. The van der Waals surface area contributed by atoms with Gasteiger partial charge in [-0.25, -0.2) is 0 Å². The standard InChI is InChI=1S/C19H28N4O2/c1-2-4-16-15(11-20-21-16)17(24)23-10-8-19(13-23)7-3-9-22(18(19)25)12-14-5-6-14/h11,14H,2-10,12-13H2,1H3,(H,20,21)/t19-/m1/s1. The van der Waals surface area contributed by atoms with Crippen LogP contribution >= 0.6 is 0 Å². The molecule has 2 saturated heterocycles. The molecule has 0 unspecified atom stereocenters. The Hall–Kier alpha value is -1.85. The van der Waals surface area contributed by atoms with E-state index in [2.05, 4.69) is 22.0 Å². The van der Waals surface area contributed by atoms with Crippen LogP contribution in [0, 0.1) is 11.3 Å². The number of piperidine rings is 1. The van der Waals surface area contributed by atoms with Gasteiger partial charge in [-0.2, -0.15) is 5.10 Å². The maximum Gasteiger partial charge on any atom is 0.257 e. The summed E-state index contributed by atoms with van der Waals surface area (Å²) in [7, 11) is 0. The molecule has 1 aromatic heterocycles. The van der Waals surface area contributed by atoms with Gasteiger partial charge in [0.25, 0.3) is 5.91 Å². The van der Waals surface area contributed by atoms with Gasteiger partial charge in [0.05, 0.1) is 17.2 Å². The van der Waals surface area contributed by atoms with Crippen molar-refractivity contribution in [2.45, 2.75) is 51.9 Å². The lowest BCUT2D eigenvalue weighted by molar-refractivity contribution is -0.145. The van der Waals surface area contributed by atoms with E-state index in [0.29, 0.717) is 24.6 Å². The summed E-state index contributed by atoms with van der Waals surface area (Å²) in [5.74, 6) is 1.05. The molecule has 3 aliphatic rings. The minimum Gasteiger partial charge on any atom is -0.342 e. The smallest absolute Gasteiger partial charge is 0.257 e. The van der Waals surface area contributed by atoms with Crippen LogP contribution in [-0.2, 0) is 11.2 Å². The summed E-state index contributed by atoms with van der Waals surface area (Å²) in [4.78, 5) is 30.0. The molecule has 3 heterocycles. The van der Waals surface area contributed by atoms with Crippen molar-refractivity contribution in [3.05, 3.63) is 17.5 Å². The molecule has 1 aliphatic carbocycles. The van der Waals surface area contributed by atoms with Gasteiger partial charge in [0.1, 0.15) is 0 Å². The summed E-state index contributed by atoms with van der Waals surface area (Å²) in [5.41, 5.74) is 1.26. The fourth-order valence-corrected chi connectivity index (χ4v) is 4.47. The average Bonchev–Trinajstić information content (AvgIpc) is 3.14. The maximum absolute atomic E-state index is 13.1. The van der Waals surface area contributed by atoms with Gasteiger partial charge in [0, 0.05) is 31.9 Å². The van der Waals surface area contributed by atoms with Crippen molar-refractivity contribution in [3.63, 3.8) is 0 Å². The molecular formula is C19H28N4O2. The molecule has 2 amide bonds. The Labute approximate surface area is 148 Å². The van der Waals surface area contributed by atoms with E-state index in [1.807, 2.05) is 4.90 Å². The summed E-state index contributed by atoms with van der Waals surface area (Å²) in [6.07, 6.45) is 8.76. The average molecular weight is 344 g/mol. The van der Waals surface area contributed by atoms with Gasteiger partial charge in [0.2, 0.25) is 5.91 Å². The minimum absolute atomic E-state index is 0.0289. The zero-order chi connectivity index (χ0) is 17.4. The molecule has 1 spiro atoms. The number of nitrogens with zero attached hydrogens (tertiary/aromatic N) is 3. The van der Waals surface area contributed by atoms with Crippen LogP contribution in [0.25, 0.3) is 0 Å². The van der Waals surface area contributed by atoms with Gasteiger partial charge in [-0.15, -0.1) is 0 Å². The van der Waals surface area contributed by atoms with Crippen LogP contribution < -0.4 is 0 Å². The summed E-state index contributed by atoms with van der Waals surface area (Å²) in [6.45, 7) is 5.17. The molecule has 1 N–H and O–H groups in total. The fraction of sp³-hybridized carbons (Fsp3) is 0.737. The first kappa shape index (κ1) is 16.6. The number of nitrogens with one attached hydrogen (secondary N) is 1. The number of aromatic nitrogens is 2. The third kappa shape index (κ3) is 3.07.